The maximum absolute atomic E-state index is 11.0. The second kappa shape index (κ2) is 3.77. The highest BCUT2D eigenvalue weighted by molar-refractivity contribution is 7.85. The molecule has 0 heterocycles. The van der Waals surface area contributed by atoms with Crippen molar-refractivity contribution in [3.8, 4) is 0 Å². The minimum atomic E-state index is -4.52. The molecule has 0 N–H and O–H groups in total. The van der Waals surface area contributed by atoms with Gasteiger partial charge in [0.25, 0.3) is 0 Å². The van der Waals surface area contributed by atoms with Crippen LogP contribution in [-0.4, -0.2) is 21.5 Å². The van der Waals surface area contributed by atoms with Crippen LogP contribution in [0.25, 0.3) is 0 Å². The van der Waals surface area contributed by atoms with E-state index in [9.17, 15) is 17.8 Å². The molecule has 1 aromatic rings. The molecule has 0 fully saturated rings. The van der Waals surface area contributed by atoms with Gasteiger partial charge in [0.2, 0.25) is 0 Å². The maximum atomic E-state index is 11.0. The number of esters is 1. The molecule has 1 rings (SSSR count). The highest BCUT2D eigenvalue weighted by Crippen LogP contribution is 2.11. The Balaban J connectivity index is 3.21. The third kappa shape index (κ3) is 2.30. The fourth-order valence-corrected chi connectivity index (χ4v) is 1.41. The average molecular weight is 215 g/mol. The standard InChI is InChI=1S/C8H7O5S/c1-13-8(9)6-3-2-4-7(5-6)14(10,11)12/h2-5H,1H3. The first-order valence-electron chi connectivity index (χ1n) is 3.59. The number of hydrogen-bond acceptors (Lipinski definition) is 4. The zero-order valence-electron chi connectivity index (χ0n) is 7.26. The van der Waals surface area contributed by atoms with Crippen LogP contribution in [-0.2, 0) is 19.4 Å². The predicted molar refractivity (Wildman–Crippen MR) is 45.7 cm³/mol. The van der Waals surface area contributed by atoms with Gasteiger partial charge in [-0.3, -0.25) is 0 Å². The van der Waals surface area contributed by atoms with E-state index < -0.39 is 21.0 Å². The molecule has 0 aliphatic carbocycles. The zero-order chi connectivity index (χ0) is 10.8. The molecule has 0 spiro atoms. The summed E-state index contributed by atoms with van der Waals surface area (Å²) < 4.78 is 36.1. The first-order chi connectivity index (χ1) is 6.45. The number of hydrogen-bond donors (Lipinski definition) is 0. The molecule has 1 aromatic carbocycles. The van der Waals surface area contributed by atoms with Gasteiger partial charge >= 0.3 is 16.1 Å². The first kappa shape index (κ1) is 10.7. The molecular formula is C8H7O5S. The van der Waals surface area contributed by atoms with Crippen molar-refractivity contribution in [2.75, 3.05) is 7.11 Å². The van der Waals surface area contributed by atoms with E-state index in [1.54, 1.807) is 0 Å². The molecule has 0 saturated carbocycles. The Bertz CT molecular complexity index is 449. The zero-order valence-corrected chi connectivity index (χ0v) is 8.08. The summed E-state index contributed by atoms with van der Waals surface area (Å²) in [7, 11) is -3.36. The van der Waals surface area contributed by atoms with Crippen LogP contribution in [0, 0.1) is 0 Å². The van der Waals surface area contributed by atoms with Gasteiger partial charge in [-0.25, -0.2) is 4.79 Å². The summed E-state index contributed by atoms with van der Waals surface area (Å²) in [6, 6.07) is 4.76. The van der Waals surface area contributed by atoms with Gasteiger partial charge in [-0.15, -0.1) is 0 Å². The van der Waals surface area contributed by atoms with Crippen molar-refractivity contribution in [1.29, 1.82) is 0 Å². The summed E-state index contributed by atoms with van der Waals surface area (Å²) in [6.45, 7) is 0. The molecule has 75 valence electrons. The third-order valence-corrected chi connectivity index (χ3v) is 2.38. The molecule has 0 atom stereocenters. The summed E-state index contributed by atoms with van der Waals surface area (Å²) in [5, 5.41) is 0. The summed E-state index contributed by atoms with van der Waals surface area (Å²) in [5.74, 6) is -0.685. The van der Waals surface area contributed by atoms with Crippen LogP contribution in [0.4, 0.5) is 0 Å². The summed E-state index contributed by atoms with van der Waals surface area (Å²) in [4.78, 5) is 10.5. The number of ether oxygens (including phenoxy) is 1. The molecule has 0 aromatic heterocycles. The van der Waals surface area contributed by atoms with E-state index in [0.717, 1.165) is 12.1 Å². The van der Waals surface area contributed by atoms with E-state index in [1.807, 2.05) is 0 Å². The molecule has 0 amide bonds. The molecule has 0 aliphatic heterocycles. The minimum absolute atomic E-state index is 0.0319. The summed E-state index contributed by atoms with van der Waals surface area (Å²) in [5.41, 5.74) is 0.0319. The Kier molecular flexibility index (Phi) is 2.87. The van der Waals surface area contributed by atoms with Crippen LogP contribution >= 0.6 is 0 Å². The average Bonchev–Trinajstić information content (AvgIpc) is 2.15. The topological polar surface area (TPSA) is 80.3 Å². The van der Waals surface area contributed by atoms with Gasteiger partial charge < -0.3 is 4.74 Å². The van der Waals surface area contributed by atoms with Gasteiger partial charge in [0, 0.05) is 0 Å². The van der Waals surface area contributed by atoms with Crippen LogP contribution in [0.5, 0.6) is 0 Å². The quantitative estimate of drug-likeness (QED) is 0.676. The van der Waals surface area contributed by atoms with Gasteiger partial charge in [0.1, 0.15) is 0 Å². The largest absolute Gasteiger partial charge is 0.465 e. The normalized spacial score (nSPS) is 11.0. The van der Waals surface area contributed by atoms with Crippen LogP contribution in [0.1, 0.15) is 10.4 Å². The van der Waals surface area contributed by atoms with Crippen molar-refractivity contribution in [2.24, 2.45) is 0 Å². The Morgan fingerprint density at radius 1 is 1.36 bits per heavy atom. The van der Waals surface area contributed by atoms with Crippen molar-refractivity contribution < 1.29 is 22.5 Å². The van der Waals surface area contributed by atoms with Gasteiger partial charge in [0.15, 0.2) is 0 Å². The second-order valence-corrected chi connectivity index (χ2v) is 3.85. The Morgan fingerprint density at radius 2 is 2.00 bits per heavy atom. The molecule has 0 aliphatic rings. The second-order valence-electron chi connectivity index (χ2n) is 2.47. The molecule has 5 nitrogen and oxygen atoms in total. The van der Waals surface area contributed by atoms with Crippen molar-refractivity contribution in [2.45, 2.75) is 4.90 Å². The lowest BCUT2D eigenvalue weighted by Crippen LogP contribution is -2.03. The lowest BCUT2D eigenvalue weighted by molar-refractivity contribution is 0.0600. The Labute approximate surface area is 81.1 Å². The van der Waals surface area contributed by atoms with E-state index in [4.69, 9.17) is 0 Å². The fraction of sp³-hybridized carbons (Fsp3) is 0.125. The molecule has 0 saturated heterocycles. The fourth-order valence-electron chi connectivity index (χ4n) is 0.896. The van der Waals surface area contributed by atoms with Gasteiger partial charge in [-0.05, 0) is 18.2 Å². The third-order valence-electron chi connectivity index (χ3n) is 1.54. The van der Waals surface area contributed by atoms with Gasteiger partial charge in [-0.2, -0.15) is 8.42 Å². The highest BCUT2D eigenvalue weighted by atomic mass is 32.2. The van der Waals surface area contributed by atoms with Crippen LogP contribution in [0.3, 0.4) is 0 Å². The highest BCUT2D eigenvalue weighted by Gasteiger charge is 2.14. The smallest absolute Gasteiger partial charge is 0.337 e. The number of rotatable bonds is 2. The molecule has 0 bridgehead atoms. The van der Waals surface area contributed by atoms with E-state index in [-0.39, 0.29) is 5.56 Å². The molecular weight excluding hydrogens is 208 g/mol. The lowest BCUT2D eigenvalue weighted by atomic mass is 10.2. The predicted octanol–water partition coefficient (Wildman–Crippen LogP) is 0.592. The van der Waals surface area contributed by atoms with Gasteiger partial charge in [-0.1, -0.05) is 10.6 Å². The van der Waals surface area contributed by atoms with Crippen molar-refractivity contribution in [3.05, 3.63) is 29.8 Å². The summed E-state index contributed by atoms with van der Waals surface area (Å²) >= 11 is 0. The lowest BCUT2D eigenvalue weighted by Gasteiger charge is -1.99. The number of carbonyl (C=O) groups is 1. The number of carbonyl (C=O) groups excluding carboxylic acids is 1. The SMILES string of the molecule is COC(=O)c1cccc(S([O])(=O)=O)c1. The van der Waals surface area contributed by atoms with Gasteiger partial charge in [0.05, 0.1) is 17.6 Å². The van der Waals surface area contributed by atoms with Crippen molar-refractivity contribution >= 4 is 16.1 Å². The molecule has 0 unspecified atom stereocenters. The van der Waals surface area contributed by atoms with E-state index in [0.29, 0.717) is 0 Å². The first-order valence-corrected chi connectivity index (χ1v) is 5.00. The van der Waals surface area contributed by atoms with Crippen molar-refractivity contribution in [1.82, 2.24) is 0 Å². The molecule has 6 heteroatoms. The van der Waals surface area contributed by atoms with E-state index in [2.05, 4.69) is 4.74 Å². The van der Waals surface area contributed by atoms with Crippen LogP contribution in [0.15, 0.2) is 29.2 Å². The number of benzene rings is 1. The molecule has 14 heavy (non-hydrogen) atoms. The Morgan fingerprint density at radius 3 is 2.50 bits per heavy atom. The van der Waals surface area contributed by atoms with E-state index in [1.165, 1.54) is 19.2 Å². The number of methoxy groups -OCH3 is 1. The van der Waals surface area contributed by atoms with E-state index >= 15 is 0 Å². The van der Waals surface area contributed by atoms with Crippen LogP contribution in [0.2, 0.25) is 0 Å². The minimum Gasteiger partial charge on any atom is -0.465 e. The van der Waals surface area contributed by atoms with Crippen LogP contribution < -0.4 is 0 Å². The molecule has 1 radical (unpaired) electrons. The monoisotopic (exact) mass is 215 g/mol. The maximum Gasteiger partial charge on any atom is 0.337 e. The Hall–Kier alpha value is -1.40. The summed E-state index contributed by atoms with van der Waals surface area (Å²) in [6.07, 6.45) is 0. The van der Waals surface area contributed by atoms with Crippen molar-refractivity contribution in [3.63, 3.8) is 0 Å².